The quantitative estimate of drug-likeness (QED) is 0.710. The van der Waals surface area contributed by atoms with Gasteiger partial charge in [0.05, 0.1) is 16.6 Å². The van der Waals surface area contributed by atoms with Crippen molar-refractivity contribution in [2.75, 3.05) is 6.54 Å². The molecule has 0 unspecified atom stereocenters. The predicted molar refractivity (Wildman–Crippen MR) is 98.0 cm³/mol. The molecule has 2 aliphatic rings. The summed E-state index contributed by atoms with van der Waals surface area (Å²) in [6, 6.07) is 4.17. The molecule has 0 spiro atoms. The van der Waals surface area contributed by atoms with Gasteiger partial charge in [0.25, 0.3) is 5.91 Å². The van der Waals surface area contributed by atoms with Crippen molar-refractivity contribution in [1.82, 2.24) is 19.7 Å². The van der Waals surface area contributed by atoms with E-state index >= 15 is 0 Å². The second-order valence-corrected chi connectivity index (χ2v) is 8.12. The first kappa shape index (κ1) is 15.1. The molecule has 1 amide bonds. The second kappa shape index (κ2) is 5.39. The SMILES string of the molecule is Cc1nn(C)c2nc(C3CC3)cc(C(=O)N3CCc4sccc4C3)c12. The number of rotatable bonds is 2. The van der Waals surface area contributed by atoms with Gasteiger partial charge in [-0.05, 0) is 49.3 Å². The third-order valence-electron chi connectivity index (χ3n) is 5.31. The first-order valence-corrected chi connectivity index (χ1v) is 9.68. The van der Waals surface area contributed by atoms with Gasteiger partial charge in [-0.1, -0.05) is 0 Å². The lowest BCUT2D eigenvalue weighted by Crippen LogP contribution is -2.35. The first-order chi connectivity index (χ1) is 12.1. The summed E-state index contributed by atoms with van der Waals surface area (Å²) in [5, 5.41) is 7.55. The van der Waals surface area contributed by atoms with Crippen LogP contribution in [0.1, 0.15) is 50.9 Å². The Kier molecular flexibility index (Phi) is 3.25. The smallest absolute Gasteiger partial charge is 0.255 e. The van der Waals surface area contributed by atoms with E-state index < -0.39 is 0 Å². The second-order valence-electron chi connectivity index (χ2n) is 7.12. The van der Waals surface area contributed by atoms with Gasteiger partial charge in [0.15, 0.2) is 5.65 Å². The highest BCUT2D eigenvalue weighted by atomic mass is 32.1. The molecule has 1 saturated carbocycles. The van der Waals surface area contributed by atoms with E-state index in [-0.39, 0.29) is 5.91 Å². The number of amides is 1. The zero-order chi connectivity index (χ0) is 17.1. The number of thiophene rings is 1. The third-order valence-corrected chi connectivity index (χ3v) is 6.33. The summed E-state index contributed by atoms with van der Waals surface area (Å²) in [5.74, 6) is 0.623. The lowest BCUT2D eigenvalue weighted by atomic mass is 10.0. The number of aromatic nitrogens is 3. The van der Waals surface area contributed by atoms with Gasteiger partial charge >= 0.3 is 0 Å². The fourth-order valence-electron chi connectivity index (χ4n) is 3.81. The summed E-state index contributed by atoms with van der Waals surface area (Å²) in [6.45, 7) is 3.46. The summed E-state index contributed by atoms with van der Waals surface area (Å²) < 4.78 is 1.81. The molecule has 1 aliphatic heterocycles. The van der Waals surface area contributed by atoms with Gasteiger partial charge in [-0.25, -0.2) is 4.98 Å². The minimum atomic E-state index is 0.113. The van der Waals surface area contributed by atoms with E-state index in [2.05, 4.69) is 16.5 Å². The molecule has 0 radical (unpaired) electrons. The van der Waals surface area contributed by atoms with E-state index in [4.69, 9.17) is 4.98 Å². The van der Waals surface area contributed by atoms with Gasteiger partial charge in [0, 0.05) is 36.6 Å². The highest BCUT2D eigenvalue weighted by Crippen LogP contribution is 2.40. The molecular weight excluding hydrogens is 332 g/mol. The number of hydrogen-bond acceptors (Lipinski definition) is 4. The fraction of sp³-hybridized carbons (Fsp3) is 0.421. The van der Waals surface area contributed by atoms with Crippen molar-refractivity contribution in [3.05, 3.63) is 44.9 Å². The lowest BCUT2D eigenvalue weighted by Gasteiger charge is -2.27. The van der Waals surface area contributed by atoms with E-state index in [1.807, 2.05) is 24.9 Å². The Morgan fingerprint density at radius 1 is 1.36 bits per heavy atom. The van der Waals surface area contributed by atoms with Crippen LogP contribution in [0.4, 0.5) is 0 Å². The minimum Gasteiger partial charge on any atom is -0.334 e. The molecule has 0 N–H and O–H groups in total. The zero-order valence-corrected chi connectivity index (χ0v) is 15.3. The van der Waals surface area contributed by atoms with Gasteiger partial charge in [-0.15, -0.1) is 11.3 Å². The van der Waals surface area contributed by atoms with Crippen molar-refractivity contribution in [3.8, 4) is 0 Å². The van der Waals surface area contributed by atoms with E-state index in [9.17, 15) is 4.79 Å². The van der Waals surface area contributed by atoms with E-state index in [0.717, 1.165) is 41.0 Å². The van der Waals surface area contributed by atoms with Gasteiger partial charge in [-0.2, -0.15) is 5.10 Å². The van der Waals surface area contributed by atoms with Crippen LogP contribution in [0.2, 0.25) is 0 Å². The fourth-order valence-corrected chi connectivity index (χ4v) is 4.70. The summed E-state index contributed by atoms with van der Waals surface area (Å²) >= 11 is 1.80. The topological polar surface area (TPSA) is 51.0 Å². The molecule has 1 fully saturated rings. The minimum absolute atomic E-state index is 0.113. The molecule has 3 aromatic heterocycles. The Balaban J connectivity index is 1.60. The molecular formula is C19H20N4OS. The number of fused-ring (bicyclic) bond motifs is 2. The normalized spacial score (nSPS) is 17.1. The van der Waals surface area contributed by atoms with Gasteiger partial charge in [0.1, 0.15) is 0 Å². The molecule has 25 heavy (non-hydrogen) atoms. The number of nitrogens with zero attached hydrogens (tertiary/aromatic N) is 4. The van der Waals surface area contributed by atoms with Crippen LogP contribution in [0.5, 0.6) is 0 Å². The van der Waals surface area contributed by atoms with Gasteiger partial charge in [-0.3, -0.25) is 9.48 Å². The molecule has 1 aliphatic carbocycles. The van der Waals surface area contributed by atoms with Crippen molar-refractivity contribution in [1.29, 1.82) is 0 Å². The summed E-state index contributed by atoms with van der Waals surface area (Å²) in [6.07, 6.45) is 3.30. The van der Waals surface area contributed by atoms with Crippen molar-refractivity contribution in [2.45, 2.75) is 38.6 Å². The van der Waals surface area contributed by atoms with Crippen LogP contribution in [0.25, 0.3) is 11.0 Å². The molecule has 3 aromatic rings. The van der Waals surface area contributed by atoms with Gasteiger partial charge < -0.3 is 4.90 Å². The number of aryl methyl sites for hydroxylation is 2. The molecule has 128 valence electrons. The van der Waals surface area contributed by atoms with Crippen molar-refractivity contribution < 1.29 is 4.79 Å². The van der Waals surface area contributed by atoms with Crippen LogP contribution >= 0.6 is 11.3 Å². The maximum absolute atomic E-state index is 13.4. The van der Waals surface area contributed by atoms with Gasteiger partial charge in [0.2, 0.25) is 0 Å². The average Bonchev–Trinajstić information content (AvgIpc) is 3.29. The average molecular weight is 352 g/mol. The Hall–Kier alpha value is -2.21. The molecule has 0 saturated heterocycles. The molecule has 6 heteroatoms. The van der Waals surface area contributed by atoms with Crippen molar-refractivity contribution in [2.24, 2.45) is 7.05 Å². The number of carbonyl (C=O) groups excluding carboxylic acids is 1. The molecule has 5 rings (SSSR count). The summed E-state index contributed by atoms with van der Waals surface area (Å²) in [7, 11) is 1.91. The molecule has 0 aromatic carbocycles. The summed E-state index contributed by atoms with van der Waals surface area (Å²) in [5.41, 5.74) is 4.82. The number of carbonyl (C=O) groups is 1. The lowest BCUT2D eigenvalue weighted by molar-refractivity contribution is 0.0737. The van der Waals surface area contributed by atoms with Crippen molar-refractivity contribution >= 4 is 28.3 Å². The Labute approximate surface area is 150 Å². The third kappa shape index (κ3) is 2.39. The molecule has 0 bridgehead atoms. The molecule has 0 atom stereocenters. The van der Waals surface area contributed by atoms with Crippen LogP contribution < -0.4 is 0 Å². The van der Waals surface area contributed by atoms with Crippen LogP contribution in [0, 0.1) is 6.92 Å². The largest absolute Gasteiger partial charge is 0.334 e. The standard InChI is InChI=1S/C19H20N4OS/c1-11-17-14(9-15(12-3-4-12)20-18(17)22(2)21-11)19(24)23-7-5-16-13(10-23)6-8-25-16/h6,8-9,12H,3-5,7,10H2,1-2H3. The highest BCUT2D eigenvalue weighted by molar-refractivity contribution is 7.10. The molecule has 5 nitrogen and oxygen atoms in total. The maximum Gasteiger partial charge on any atom is 0.255 e. The maximum atomic E-state index is 13.4. The first-order valence-electron chi connectivity index (χ1n) is 8.80. The van der Waals surface area contributed by atoms with Crippen LogP contribution in [0.15, 0.2) is 17.5 Å². The zero-order valence-electron chi connectivity index (χ0n) is 14.5. The Bertz CT molecular complexity index is 998. The Morgan fingerprint density at radius 3 is 3.00 bits per heavy atom. The predicted octanol–water partition coefficient (Wildman–Crippen LogP) is 3.41. The van der Waals surface area contributed by atoms with Crippen LogP contribution in [0.3, 0.4) is 0 Å². The number of hydrogen-bond donors (Lipinski definition) is 0. The van der Waals surface area contributed by atoms with Crippen molar-refractivity contribution in [3.63, 3.8) is 0 Å². The molecule has 4 heterocycles. The highest BCUT2D eigenvalue weighted by Gasteiger charge is 2.30. The monoisotopic (exact) mass is 352 g/mol. The van der Waals surface area contributed by atoms with Crippen LogP contribution in [-0.2, 0) is 20.0 Å². The van der Waals surface area contributed by atoms with E-state index in [1.165, 1.54) is 23.3 Å². The Morgan fingerprint density at radius 2 is 2.20 bits per heavy atom. The summed E-state index contributed by atoms with van der Waals surface area (Å²) in [4.78, 5) is 21.6. The number of pyridine rings is 1. The van der Waals surface area contributed by atoms with E-state index in [1.54, 1.807) is 16.0 Å². The van der Waals surface area contributed by atoms with E-state index in [0.29, 0.717) is 12.5 Å². The van der Waals surface area contributed by atoms with Crippen LogP contribution in [-0.4, -0.2) is 32.1 Å².